The van der Waals surface area contributed by atoms with E-state index in [1.165, 1.54) is 5.57 Å². The molecule has 0 radical (unpaired) electrons. The molecule has 16 heavy (non-hydrogen) atoms. The van der Waals surface area contributed by atoms with Crippen LogP contribution in [-0.2, 0) is 4.79 Å². The van der Waals surface area contributed by atoms with Crippen molar-refractivity contribution in [3.63, 3.8) is 0 Å². The van der Waals surface area contributed by atoms with Gasteiger partial charge in [-0.25, -0.2) is 4.79 Å². The summed E-state index contributed by atoms with van der Waals surface area (Å²) in [5.74, 6) is -0.635. The van der Waals surface area contributed by atoms with Gasteiger partial charge >= 0.3 is 5.97 Å². The minimum atomic E-state index is -0.870. The molecule has 3 aliphatic rings. The van der Waals surface area contributed by atoms with Gasteiger partial charge in [0.15, 0.2) is 0 Å². The fourth-order valence-electron chi connectivity index (χ4n) is 2.35. The number of carboxylic acid groups (broad SMARTS) is 1. The van der Waals surface area contributed by atoms with Crippen LogP contribution in [0.1, 0.15) is 0 Å². The van der Waals surface area contributed by atoms with E-state index in [0.717, 1.165) is 11.1 Å². The Morgan fingerprint density at radius 1 is 1.00 bits per heavy atom. The standard InChI is InChI=1S/C14H10O2/c15-14(16)12-7-10-5-1-3-9-4-2-6-11(8-12)13(9)10/h1-8,13H,(H,15,16). The number of aliphatic carboxylic acids is 1. The zero-order valence-electron chi connectivity index (χ0n) is 8.55. The van der Waals surface area contributed by atoms with Gasteiger partial charge in [0.1, 0.15) is 0 Å². The molecule has 0 bridgehead atoms. The smallest absolute Gasteiger partial charge is 0.335 e. The van der Waals surface area contributed by atoms with Gasteiger partial charge < -0.3 is 5.11 Å². The number of hydrogen-bond donors (Lipinski definition) is 1. The van der Waals surface area contributed by atoms with Crippen molar-refractivity contribution < 1.29 is 9.90 Å². The van der Waals surface area contributed by atoms with Crippen LogP contribution in [0.15, 0.2) is 70.9 Å². The summed E-state index contributed by atoms with van der Waals surface area (Å²) in [6.45, 7) is 0. The van der Waals surface area contributed by atoms with Crippen molar-refractivity contribution in [1.82, 2.24) is 0 Å². The van der Waals surface area contributed by atoms with Gasteiger partial charge in [-0.3, -0.25) is 0 Å². The van der Waals surface area contributed by atoms with E-state index in [1.807, 2.05) is 24.3 Å². The molecule has 1 N–H and O–H groups in total. The zero-order valence-corrected chi connectivity index (χ0v) is 8.55. The van der Waals surface area contributed by atoms with Crippen LogP contribution in [0.25, 0.3) is 0 Å². The van der Waals surface area contributed by atoms with E-state index in [-0.39, 0.29) is 5.92 Å². The number of rotatable bonds is 1. The number of allylic oxidation sites excluding steroid dienone is 10. The first kappa shape index (κ1) is 9.16. The van der Waals surface area contributed by atoms with E-state index in [9.17, 15) is 4.79 Å². The Bertz CT molecular complexity index is 549. The molecule has 78 valence electrons. The summed E-state index contributed by atoms with van der Waals surface area (Å²) in [6, 6.07) is 0. The molecule has 0 aromatic rings. The summed E-state index contributed by atoms with van der Waals surface area (Å²) in [6.07, 6.45) is 15.6. The van der Waals surface area contributed by atoms with Crippen molar-refractivity contribution in [2.24, 2.45) is 5.92 Å². The van der Waals surface area contributed by atoms with Crippen molar-refractivity contribution >= 4 is 5.97 Å². The molecule has 1 unspecified atom stereocenters. The summed E-state index contributed by atoms with van der Waals surface area (Å²) >= 11 is 0. The van der Waals surface area contributed by atoms with Crippen LogP contribution in [0.3, 0.4) is 0 Å². The lowest BCUT2D eigenvalue weighted by atomic mass is 9.75. The second kappa shape index (κ2) is 3.20. The monoisotopic (exact) mass is 210 g/mol. The highest BCUT2D eigenvalue weighted by Crippen LogP contribution is 2.39. The quantitative estimate of drug-likeness (QED) is 0.722. The molecule has 0 fully saturated rings. The lowest BCUT2D eigenvalue weighted by molar-refractivity contribution is -0.132. The molecule has 0 aliphatic heterocycles. The molecule has 0 heterocycles. The van der Waals surface area contributed by atoms with Crippen LogP contribution in [0.5, 0.6) is 0 Å². The number of carboxylic acids is 1. The predicted molar refractivity (Wildman–Crippen MR) is 61.7 cm³/mol. The highest BCUT2D eigenvalue weighted by Gasteiger charge is 2.27. The normalized spacial score (nSPS) is 25.1. The Morgan fingerprint density at radius 2 is 1.69 bits per heavy atom. The Balaban J connectivity index is 2.18. The van der Waals surface area contributed by atoms with Gasteiger partial charge in [-0.05, 0) is 28.9 Å². The van der Waals surface area contributed by atoms with Crippen molar-refractivity contribution in [2.75, 3.05) is 0 Å². The minimum Gasteiger partial charge on any atom is -0.478 e. The Labute approximate surface area is 93.3 Å². The SMILES string of the molecule is O=C(O)C1=CC2=CC=CC3=CC=CC(=C1)C32. The molecule has 2 nitrogen and oxygen atoms in total. The van der Waals surface area contributed by atoms with Gasteiger partial charge in [0.25, 0.3) is 0 Å². The maximum absolute atomic E-state index is 11.0. The lowest BCUT2D eigenvalue weighted by Gasteiger charge is -2.29. The molecule has 3 aliphatic carbocycles. The topological polar surface area (TPSA) is 37.3 Å². The number of carbonyl (C=O) groups is 1. The van der Waals surface area contributed by atoms with E-state index in [0.29, 0.717) is 5.57 Å². The fourth-order valence-corrected chi connectivity index (χ4v) is 2.35. The Kier molecular flexibility index (Phi) is 1.83. The van der Waals surface area contributed by atoms with Crippen LogP contribution in [0.2, 0.25) is 0 Å². The molecule has 0 aromatic carbocycles. The molecule has 1 atom stereocenters. The molecule has 3 rings (SSSR count). The summed E-state index contributed by atoms with van der Waals surface area (Å²) < 4.78 is 0. The molecular formula is C14H10O2. The summed E-state index contributed by atoms with van der Waals surface area (Å²) in [7, 11) is 0. The van der Waals surface area contributed by atoms with Crippen LogP contribution in [0.4, 0.5) is 0 Å². The second-order valence-electron chi connectivity index (χ2n) is 4.03. The average Bonchev–Trinajstić information content (AvgIpc) is 2.29. The van der Waals surface area contributed by atoms with E-state index >= 15 is 0 Å². The van der Waals surface area contributed by atoms with E-state index < -0.39 is 5.97 Å². The molecular weight excluding hydrogens is 200 g/mol. The predicted octanol–water partition coefficient (Wildman–Crippen LogP) is 2.55. The van der Waals surface area contributed by atoms with Crippen molar-refractivity contribution in [3.05, 3.63) is 70.9 Å². The molecule has 0 saturated heterocycles. The van der Waals surface area contributed by atoms with Crippen LogP contribution in [-0.4, -0.2) is 11.1 Å². The van der Waals surface area contributed by atoms with E-state index in [2.05, 4.69) is 12.2 Å². The third kappa shape index (κ3) is 1.23. The van der Waals surface area contributed by atoms with Crippen molar-refractivity contribution in [1.29, 1.82) is 0 Å². The van der Waals surface area contributed by atoms with Gasteiger partial charge in [0, 0.05) is 5.92 Å². The van der Waals surface area contributed by atoms with E-state index in [1.54, 1.807) is 12.2 Å². The Morgan fingerprint density at radius 3 is 2.44 bits per heavy atom. The third-order valence-electron chi connectivity index (χ3n) is 3.05. The lowest BCUT2D eigenvalue weighted by Crippen LogP contribution is -2.17. The Hall–Kier alpha value is -2.09. The zero-order chi connectivity index (χ0) is 11.1. The van der Waals surface area contributed by atoms with Gasteiger partial charge in [0.2, 0.25) is 0 Å². The molecule has 0 aromatic heterocycles. The summed E-state index contributed by atoms with van der Waals surface area (Å²) in [5.41, 5.74) is 3.71. The molecule has 2 heteroatoms. The number of hydrogen-bond acceptors (Lipinski definition) is 1. The average molecular weight is 210 g/mol. The van der Waals surface area contributed by atoms with Crippen LogP contribution in [0, 0.1) is 5.92 Å². The third-order valence-corrected chi connectivity index (χ3v) is 3.05. The van der Waals surface area contributed by atoms with Gasteiger partial charge in [-0.1, -0.05) is 36.5 Å². The van der Waals surface area contributed by atoms with Crippen molar-refractivity contribution in [2.45, 2.75) is 0 Å². The first-order chi connectivity index (χ1) is 7.75. The maximum atomic E-state index is 11.0. The highest BCUT2D eigenvalue weighted by atomic mass is 16.4. The molecule has 0 saturated carbocycles. The first-order valence-electron chi connectivity index (χ1n) is 5.19. The maximum Gasteiger partial charge on any atom is 0.335 e. The van der Waals surface area contributed by atoms with Crippen LogP contribution >= 0.6 is 0 Å². The molecule has 0 amide bonds. The van der Waals surface area contributed by atoms with Crippen molar-refractivity contribution in [3.8, 4) is 0 Å². The summed E-state index contributed by atoms with van der Waals surface area (Å²) in [5, 5.41) is 9.03. The first-order valence-corrected chi connectivity index (χ1v) is 5.19. The van der Waals surface area contributed by atoms with E-state index in [4.69, 9.17) is 5.11 Å². The van der Waals surface area contributed by atoms with Gasteiger partial charge in [-0.15, -0.1) is 0 Å². The highest BCUT2D eigenvalue weighted by molar-refractivity contribution is 5.92. The van der Waals surface area contributed by atoms with Gasteiger partial charge in [-0.2, -0.15) is 0 Å². The second-order valence-corrected chi connectivity index (χ2v) is 4.03. The largest absolute Gasteiger partial charge is 0.478 e. The summed E-state index contributed by atoms with van der Waals surface area (Å²) in [4.78, 5) is 11.0. The molecule has 0 spiro atoms. The fraction of sp³-hybridized carbons (Fsp3) is 0.0714. The van der Waals surface area contributed by atoms with Crippen LogP contribution < -0.4 is 0 Å². The minimum absolute atomic E-state index is 0.234. The van der Waals surface area contributed by atoms with Gasteiger partial charge in [0.05, 0.1) is 5.57 Å².